The maximum absolute atomic E-state index is 12.1. The second-order valence-electron chi connectivity index (χ2n) is 3.81. The van der Waals surface area contributed by atoms with Crippen LogP contribution in [0.2, 0.25) is 0 Å². The Hall–Kier alpha value is -0.150. The van der Waals surface area contributed by atoms with E-state index in [0.29, 0.717) is 13.2 Å². The Kier molecular flexibility index (Phi) is 9.75. The molecule has 0 saturated heterocycles. The first kappa shape index (κ1) is 16.9. The minimum atomic E-state index is -3.41. The van der Waals surface area contributed by atoms with Crippen molar-refractivity contribution in [2.75, 3.05) is 13.2 Å². The third kappa shape index (κ3) is 8.56. The van der Waals surface area contributed by atoms with Crippen molar-refractivity contribution in [1.29, 1.82) is 0 Å². The summed E-state index contributed by atoms with van der Waals surface area (Å²) in [5.41, 5.74) is 0. The standard InChI is InChI=1S/C12H25O4P/c1-5-8-9-10-11-15-17(13,14-7-3)16-12(4)6-2/h6,12H,2,5,7-11H2,1,3-4H3/t12-,17-/m1/s1. The molecule has 0 aliphatic rings. The van der Waals surface area contributed by atoms with E-state index in [4.69, 9.17) is 13.6 Å². The van der Waals surface area contributed by atoms with Crippen molar-refractivity contribution in [3.8, 4) is 0 Å². The monoisotopic (exact) mass is 264 g/mol. The summed E-state index contributed by atoms with van der Waals surface area (Å²) in [5.74, 6) is 0. The van der Waals surface area contributed by atoms with Crippen LogP contribution in [0.5, 0.6) is 0 Å². The summed E-state index contributed by atoms with van der Waals surface area (Å²) >= 11 is 0. The summed E-state index contributed by atoms with van der Waals surface area (Å²) in [6.07, 6.45) is 5.48. The highest BCUT2D eigenvalue weighted by molar-refractivity contribution is 7.48. The van der Waals surface area contributed by atoms with Crippen LogP contribution in [0.3, 0.4) is 0 Å². The van der Waals surface area contributed by atoms with Crippen LogP contribution in [-0.4, -0.2) is 19.3 Å². The molecule has 0 bridgehead atoms. The van der Waals surface area contributed by atoms with Gasteiger partial charge in [0.25, 0.3) is 0 Å². The first-order chi connectivity index (χ1) is 8.08. The molecule has 2 atom stereocenters. The molecule has 0 aromatic carbocycles. The van der Waals surface area contributed by atoms with Crippen molar-refractivity contribution < 1.29 is 18.1 Å². The fourth-order valence-corrected chi connectivity index (χ4v) is 2.57. The van der Waals surface area contributed by atoms with Gasteiger partial charge >= 0.3 is 7.82 Å². The van der Waals surface area contributed by atoms with Crippen molar-refractivity contribution in [2.45, 2.75) is 52.6 Å². The van der Waals surface area contributed by atoms with E-state index in [-0.39, 0.29) is 6.10 Å². The van der Waals surface area contributed by atoms with Crippen LogP contribution >= 0.6 is 7.82 Å². The second kappa shape index (κ2) is 9.84. The average Bonchev–Trinajstić information content (AvgIpc) is 2.29. The molecule has 0 spiro atoms. The molecular formula is C12H25O4P. The molecule has 0 unspecified atom stereocenters. The number of unbranched alkanes of at least 4 members (excludes halogenated alkanes) is 3. The molecule has 0 amide bonds. The van der Waals surface area contributed by atoms with Gasteiger partial charge in [-0.3, -0.25) is 13.6 Å². The van der Waals surface area contributed by atoms with E-state index in [1.165, 1.54) is 0 Å². The molecule has 102 valence electrons. The van der Waals surface area contributed by atoms with Gasteiger partial charge in [0.2, 0.25) is 0 Å². The third-order valence-electron chi connectivity index (χ3n) is 2.16. The molecule has 0 aliphatic carbocycles. The van der Waals surface area contributed by atoms with Crippen molar-refractivity contribution in [1.82, 2.24) is 0 Å². The van der Waals surface area contributed by atoms with Gasteiger partial charge in [0.1, 0.15) is 0 Å². The Morgan fingerprint density at radius 1 is 1.24 bits per heavy atom. The summed E-state index contributed by atoms with van der Waals surface area (Å²) < 4.78 is 27.7. The van der Waals surface area contributed by atoms with E-state index in [2.05, 4.69) is 13.5 Å². The smallest absolute Gasteiger partial charge is 0.287 e. The lowest BCUT2D eigenvalue weighted by molar-refractivity contribution is 0.101. The zero-order valence-electron chi connectivity index (χ0n) is 11.2. The van der Waals surface area contributed by atoms with Crippen LogP contribution in [0.4, 0.5) is 0 Å². The Morgan fingerprint density at radius 3 is 2.47 bits per heavy atom. The predicted molar refractivity (Wildman–Crippen MR) is 70.1 cm³/mol. The summed E-state index contributed by atoms with van der Waals surface area (Å²) in [4.78, 5) is 0. The fourth-order valence-electron chi connectivity index (χ4n) is 1.21. The van der Waals surface area contributed by atoms with Crippen LogP contribution in [-0.2, 0) is 18.1 Å². The molecule has 0 fully saturated rings. The molecule has 0 heterocycles. The first-order valence-electron chi connectivity index (χ1n) is 6.28. The van der Waals surface area contributed by atoms with Crippen molar-refractivity contribution >= 4 is 7.82 Å². The highest BCUT2D eigenvalue weighted by Crippen LogP contribution is 2.50. The lowest BCUT2D eigenvalue weighted by Gasteiger charge is -2.19. The normalized spacial score (nSPS) is 16.4. The van der Waals surface area contributed by atoms with Gasteiger partial charge < -0.3 is 0 Å². The molecule has 0 saturated carbocycles. The van der Waals surface area contributed by atoms with E-state index in [0.717, 1.165) is 25.7 Å². The topological polar surface area (TPSA) is 44.8 Å². The fraction of sp³-hybridized carbons (Fsp3) is 0.833. The number of phosphoric ester groups is 1. The van der Waals surface area contributed by atoms with Gasteiger partial charge in [-0.15, -0.1) is 6.58 Å². The maximum Gasteiger partial charge on any atom is 0.475 e. The Bertz CT molecular complexity index is 243. The maximum atomic E-state index is 12.1. The van der Waals surface area contributed by atoms with Crippen LogP contribution in [0.25, 0.3) is 0 Å². The molecule has 0 aromatic heterocycles. The van der Waals surface area contributed by atoms with E-state index < -0.39 is 7.82 Å². The summed E-state index contributed by atoms with van der Waals surface area (Å²) in [6, 6.07) is 0. The Labute approximate surface area is 105 Å². The second-order valence-corrected chi connectivity index (χ2v) is 5.43. The highest BCUT2D eigenvalue weighted by Gasteiger charge is 2.27. The minimum Gasteiger partial charge on any atom is -0.287 e. The van der Waals surface area contributed by atoms with Gasteiger partial charge in [0.15, 0.2) is 0 Å². The van der Waals surface area contributed by atoms with Crippen LogP contribution in [0.15, 0.2) is 12.7 Å². The summed E-state index contributed by atoms with van der Waals surface area (Å²) in [7, 11) is -3.41. The molecule has 17 heavy (non-hydrogen) atoms. The van der Waals surface area contributed by atoms with Crippen LogP contribution < -0.4 is 0 Å². The molecule has 0 rings (SSSR count). The number of rotatable bonds is 11. The minimum absolute atomic E-state index is 0.302. The number of hydrogen-bond donors (Lipinski definition) is 0. The zero-order chi connectivity index (χ0) is 13.1. The van der Waals surface area contributed by atoms with Crippen LogP contribution in [0, 0.1) is 0 Å². The van der Waals surface area contributed by atoms with Gasteiger partial charge in [-0.2, -0.15) is 0 Å². The SMILES string of the molecule is C=C[C@@H](C)O[P@](=O)(OCC)OCCCCCC. The molecule has 0 aromatic rings. The predicted octanol–water partition coefficient (Wildman–Crippen LogP) is 4.32. The third-order valence-corrected chi connectivity index (χ3v) is 3.83. The Balaban J connectivity index is 4.03. The summed E-state index contributed by atoms with van der Waals surface area (Å²) in [6.45, 7) is 9.92. The Morgan fingerprint density at radius 2 is 1.94 bits per heavy atom. The molecule has 0 radical (unpaired) electrons. The highest BCUT2D eigenvalue weighted by atomic mass is 31.2. The van der Waals surface area contributed by atoms with Crippen molar-refractivity contribution in [3.05, 3.63) is 12.7 Å². The molecule has 5 heteroatoms. The lowest BCUT2D eigenvalue weighted by atomic mass is 10.2. The first-order valence-corrected chi connectivity index (χ1v) is 7.74. The van der Waals surface area contributed by atoms with E-state index in [9.17, 15) is 4.57 Å². The van der Waals surface area contributed by atoms with Gasteiger partial charge in [-0.1, -0.05) is 32.3 Å². The summed E-state index contributed by atoms with van der Waals surface area (Å²) in [5, 5.41) is 0. The van der Waals surface area contributed by atoms with Gasteiger partial charge in [-0.25, -0.2) is 4.57 Å². The molecule has 0 aliphatic heterocycles. The molecule has 4 nitrogen and oxygen atoms in total. The zero-order valence-corrected chi connectivity index (χ0v) is 12.1. The quantitative estimate of drug-likeness (QED) is 0.317. The molecular weight excluding hydrogens is 239 g/mol. The van der Waals surface area contributed by atoms with Gasteiger partial charge in [0.05, 0.1) is 19.3 Å². The van der Waals surface area contributed by atoms with Gasteiger partial charge in [-0.05, 0) is 20.3 Å². The largest absolute Gasteiger partial charge is 0.475 e. The van der Waals surface area contributed by atoms with Crippen LogP contribution in [0.1, 0.15) is 46.5 Å². The molecule has 0 N–H and O–H groups in total. The van der Waals surface area contributed by atoms with Gasteiger partial charge in [0, 0.05) is 0 Å². The van der Waals surface area contributed by atoms with E-state index in [1.54, 1.807) is 19.9 Å². The average molecular weight is 264 g/mol. The lowest BCUT2D eigenvalue weighted by Crippen LogP contribution is -2.07. The van der Waals surface area contributed by atoms with Crippen molar-refractivity contribution in [2.24, 2.45) is 0 Å². The van der Waals surface area contributed by atoms with Crippen molar-refractivity contribution in [3.63, 3.8) is 0 Å². The van der Waals surface area contributed by atoms with E-state index in [1.807, 2.05) is 0 Å². The number of hydrogen-bond acceptors (Lipinski definition) is 4. The van der Waals surface area contributed by atoms with E-state index >= 15 is 0 Å². The number of phosphoric acid groups is 1.